The molecule has 0 aromatic heterocycles. The van der Waals surface area contributed by atoms with E-state index in [-0.39, 0.29) is 27.7 Å². The van der Waals surface area contributed by atoms with Crippen LogP contribution in [0.4, 0.5) is 0 Å². The first-order valence-electron chi connectivity index (χ1n) is 32.3. The third-order valence-electron chi connectivity index (χ3n) is 11.8. The second kappa shape index (κ2) is 51.2. The van der Waals surface area contributed by atoms with Crippen LogP contribution in [-0.4, -0.2) is 185 Å². The molecule has 0 radical (unpaired) electrons. The normalized spacial score (nSPS) is 13.7. The van der Waals surface area contributed by atoms with E-state index in [2.05, 4.69) is 122 Å². The van der Waals surface area contributed by atoms with E-state index in [0.717, 1.165) is 118 Å². The number of ether oxygens (including phenoxy) is 6. The van der Waals surface area contributed by atoms with Gasteiger partial charge < -0.3 is 89.0 Å². The summed E-state index contributed by atoms with van der Waals surface area (Å²) in [6.45, 7) is 62.3. The van der Waals surface area contributed by atoms with Gasteiger partial charge >= 0.3 is 0 Å². The molecule has 2 atom stereocenters. The van der Waals surface area contributed by atoms with Crippen LogP contribution in [0.3, 0.4) is 0 Å². The zero-order chi connectivity index (χ0) is 63.7. The topological polar surface area (TPSA) is 258 Å². The van der Waals surface area contributed by atoms with Gasteiger partial charge in [-0.05, 0) is 157 Å². The number of nitrogens with one attached hydrogen (secondary N) is 6. The Morgan fingerprint density at radius 1 is 0.268 bits per heavy atom. The summed E-state index contributed by atoms with van der Waals surface area (Å²) in [5.41, 5.74) is 30.0. The molecule has 2 unspecified atom stereocenters. The maximum absolute atomic E-state index is 5.93. The molecule has 0 aromatic carbocycles. The first-order chi connectivity index (χ1) is 37.6. The van der Waals surface area contributed by atoms with E-state index < -0.39 is 0 Å². The molecular formula is C65H149N11O6. The molecule has 0 aromatic rings. The largest absolute Gasteiger partial charge is 0.379 e. The molecular weight excluding hydrogens is 1030 g/mol. The Morgan fingerprint density at radius 3 is 0.902 bits per heavy atom. The molecule has 0 fully saturated rings. The van der Waals surface area contributed by atoms with Gasteiger partial charge in [0.1, 0.15) is 0 Å². The molecule has 17 heteroatoms. The summed E-state index contributed by atoms with van der Waals surface area (Å²) in [7, 11) is 0. The van der Waals surface area contributed by atoms with Crippen LogP contribution in [0.15, 0.2) is 0 Å². The van der Waals surface area contributed by atoms with Crippen LogP contribution in [-0.2, 0) is 28.4 Å². The van der Waals surface area contributed by atoms with Crippen molar-refractivity contribution in [2.75, 3.05) is 145 Å². The molecule has 0 spiro atoms. The SMILES string of the molecule is CC(C)(C)CCCCCCCCNCC(C)(C)N.CC(C)(C)CCCCOCCOCCNCC(C)(C)N.CC(C)(N)CNCCCOCCOCCOCCCNCC(C)(C)N.CC(COCC(C)NCC(C)(C)N)NCC(C)(C)C. The van der Waals surface area contributed by atoms with Gasteiger partial charge in [0.25, 0.3) is 0 Å². The number of rotatable bonds is 49. The molecule has 0 bridgehead atoms. The Kier molecular flexibility index (Phi) is 54.8. The lowest BCUT2D eigenvalue weighted by Crippen LogP contribution is -2.47. The molecule has 82 heavy (non-hydrogen) atoms. The second-order valence-electron chi connectivity index (χ2n) is 30.5. The lowest BCUT2D eigenvalue weighted by Gasteiger charge is -2.24. The summed E-state index contributed by atoms with van der Waals surface area (Å²) in [6.07, 6.45) is 15.2. The predicted octanol–water partition coefficient (Wildman–Crippen LogP) is 8.87. The molecule has 500 valence electrons. The number of unbranched alkanes of at least 4 members (excludes halogenated alkanes) is 6. The molecule has 0 saturated heterocycles. The molecule has 0 amide bonds. The van der Waals surface area contributed by atoms with Gasteiger partial charge in [0, 0.05) is 105 Å². The minimum Gasteiger partial charge on any atom is -0.379 e. The van der Waals surface area contributed by atoms with Crippen molar-refractivity contribution in [1.82, 2.24) is 31.9 Å². The molecule has 16 N–H and O–H groups in total. The number of hydrogen-bond acceptors (Lipinski definition) is 17. The monoisotopic (exact) mass is 1180 g/mol. The van der Waals surface area contributed by atoms with E-state index in [1.54, 1.807) is 0 Å². The molecule has 0 aliphatic rings. The van der Waals surface area contributed by atoms with Crippen molar-refractivity contribution < 1.29 is 28.4 Å². The maximum atomic E-state index is 5.93. The molecule has 0 rings (SSSR count). The molecule has 17 nitrogen and oxygen atoms in total. The van der Waals surface area contributed by atoms with E-state index >= 15 is 0 Å². The lowest BCUT2D eigenvalue weighted by atomic mass is 9.89. The van der Waals surface area contributed by atoms with Gasteiger partial charge in [-0.15, -0.1) is 0 Å². The number of hydrogen-bond donors (Lipinski definition) is 11. The quantitative estimate of drug-likeness (QED) is 0.0254. The highest BCUT2D eigenvalue weighted by Crippen LogP contribution is 2.23. The van der Waals surface area contributed by atoms with Crippen molar-refractivity contribution in [3.05, 3.63) is 0 Å². The fourth-order valence-electron chi connectivity index (χ4n) is 7.18. The summed E-state index contributed by atoms with van der Waals surface area (Å²) in [4.78, 5) is 0. The second-order valence-corrected chi connectivity index (χ2v) is 30.5. The average Bonchev–Trinajstić information content (AvgIpc) is 3.30. The van der Waals surface area contributed by atoms with Crippen molar-refractivity contribution in [2.45, 2.75) is 262 Å². The standard InChI is InChI=1S/C18H42N4O3.C16H36N2O2.C16H36N2.C15H35N3O/c1-17(2,19)15-21-7-5-9-23-11-13-25-14-12-24-10-6-8-22-16-18(3,4)20;1-15(2,3)8-6-7-10-19-12-13-20-11-9-18-14-16(4,5)17;1-15(2,3)12-10-8-6-7-9-11-13-18-14-16(4,5)17;1-12(17-10-14(3,4)5)8-19-9-13(2)18-11-15(6,7)16/h21-22H,5-16,19-20H2,1-4H3;18H,6-14,17H2,1-5H3;18H,6-14,17H2,1-5H3;12-13,17-18H,8-11,16H2,1-7H3. The van der Waals surface area contributed by atoms with Gasteiger partial charge in [0.2, 0.25) is 0 Å². The fourth-order valence-corrected chi connectivity index (χ4v) is 7.18. The summed E-state index contributed by atoms with van der Waals surface area (Å²) < 4.78 is 33.2. The highest BCUT2D eigenvalue weighted by atomic mass is 16.5. The lowest BCUT2D eigenvalue weighted by molar-refractivity contribution is 0.0138. The molecule has 0 heterocycles. The van der Waals surface area contributed by atoms with Crippen LogP contribution < -0.4 is 60.6 Å². The van der Waals surface area contributed by atoms with Crippen molar-refractivity contribution in [3.8, 4) is 0 Å². The zero-order valence-corrected chi connectivity index (χ0v) is 58.5. The van der Waals surface area contributed by atoms with E-state index in [4.69, 9.17) is 57.1 Å². The van der Waals surface area contributed by atoms with Gasteiger partial charge in [-0.25, -0.2) is 0 Å². The highest BCUT2D eigenvalue weighted by Gasteiger charge is 2.16. The predicted molar refractivity (Wildman–Crippen MR) is 356 cm³/mol. The Bertz CT molecular complexity index is 1230. The van der Waals surface area contributed by atoms with Crippen LogP contribution in [0.2, 0.25) is 0 Å². The average molecular weight is 1180 g/mol. The third kappa shape index (κ3) is 95.7. The van der Waals surface area contributed by atoms with Crippen LogP contribution in [0, 0.1) is 16.2 Å². The maximum Gasteiger partial charge on any atom is 0.0701 e. The molecule has 0 aliphatic carbocycles. The van der Waals surface area contributed by atoms with E-state index in [9.17, 15) is 0 Å². The molecule has 0 aliphatic heterocycles. The summed E-state index contributed by atoms with van der Waals surface area (Å²) in [5.74, 6) is 0. The zero-order valence-electron chi connectivity index (χ0n) is 58.5. The van der Waals surface area contributed by atoms with E-state index in [1.807, 2.05) is 55.4 Å². The van der Waals surface area contributed by atoms with Gasteiger partial charge in [0.15, 0.2) is 0 Å². The highest BCUT2D eigenvalue weighted by molar-refractivity contribution is 4.78. The van der Waals surface area contributed by atoms with Crippen LogP contribution in [0.1, 0.15) is 222 Å². The van der Waals surface area contributed by atoms with Crippen LogP contribution in [0.25, 0.3) is 0 Å². The minimum atomic E-state index is -0.171. The Balaban J connectivity index is -0.000000499. The smallest absolute Gasteiger partial charge is 0.0701 e. The summed E-state index contributed by atoms with van der Waals surface area (Å²) in [6, 6.07) is 0.718. The fraction of sp³-hybridized carbons (Fsp3) is 1.00. The summed E-state index contributed by atoms with van der Waals surface area (Å²) >= 11 is 0. The summed E-state index contributed by atoms with van der Waals surface area (Å²) in [5, 5.41) is 20.2. The van der Waals surface area contributed by atoms with Crippen molar-refractivity contribution in [2.24, 2.45) is 44.9 Å². The van der Waals surface area contributed by atoms with Gasteiger partial charge in [-0.3, -0.25) is 0 Å². The van der Waals surface area contributed by atoms with Crippen LogP contribution >= 0.6 is 0 Å². The molecule has 0 saturated carbocycles. The van der Waals surface area contributed by atoms with E-state index in [1.165, 1.54) is 57.8 Å². The van der Waals surface area contributed by atoms with Crippen molar-refractivity contribution in [1.29, 1.82) is 0 Å². The Morgan fingerprint density at radius 2 is 0.549 bits per heavy atom. The number of nitrogens with two attached hydrogens (primary N) is 5. The van der Waals surface area contributed by atoms with Crippen molar-refractivity contribution >= 4 is 0 Å². The van der Waals surface area contributed by atoms with Gasteiger partial charge in [-0.2, -0.15) is 0 Å². The Labute approximate surface area is 510 Å². The van der Waals surface area contributed by atoms with E-state index in [0.29, 0.717) is 74.6 Å². The van der Waals surface area contributed by atoms with Gasteiger partial charge in [0.05, 0.1) is 59.5 Å². The van der Waals surface area contributed by atoms with Crippen molar-refractivity contribution in [3.63, 3.8) is 0 Å². The first kappa shape index (κ1) is 87.8. The van der Waals surface area contributed by atoms with Gasteiger partial charge in [-0.1, -0.05) is 101 Å². The van der Waals surface area contributed by atoms with Crippen LogP contribution in [0.5, 0.6) is 0 Å². The first-order valence-corrected chi connectivity index (χ1v) is 32.3. The Hall–Kier alpha value is -0.680. The third-order valence-corrected chi connectivity index (χ3v) is 11.8. The minimum absolute atomic E-state index is 0.0764.